The molecule has 3 aromatic carbocycles. The Kier molecular flexibility index (Phi) is 2.31. The molecule has 0 saturated carbocycles. The summed E-state index contributed by atoms with van der Waals surface area (Å²) in [6, 6.07) is 19.4. The van der Waals surface area contributed by atoms with E-state index in [1.54, 1.807) is 0 Å². The van der Waals surface area contributed by atoms with Crippen molar-refractivity contribution in [1.29, 1.82) is 0 Å². The van der Waals surface area contributed by atoms with E-state index in [0.29, 0.717) is 0 Å². The van der Waals surface area contributed by atoms with E-state index in [2.05, 4.69) is 68.4 Å². The summed E-state index contributed by atoms with van der Waals surface area (Å²) >= 11 is 0. The molecule has 0 unspecified atom stereocenters. The van der Waals surface area contributed by atoms with Gasteiger partial charge >= 0.3 is 0 Å². The zero-order valence-electron chi connectivity index (χ0n) is 11.6. The maximum Gasteiger partial charge on any atom is 0.0788 e. The normalized spacial score (nSPS) is 11.5. The van der Waals surface area contributed by atoms with Crippen LogP contribution in [0.5, 0.6) is 0 Å². The molecule has 0 amide bonds. The molecule has 0 atom stereocenters. The highest BCUT2D eigenvalue weighted by molar-refractivity contribution is 6.09. The van der Waals surface area contributed by atoms with Gasteiger partial charge in [-0.15, -0.1) is 0 Å². The van der Waals surface area contributed by atoms with Crippen molar-refractivity contribution < 1.29 is 0 Å². The lowest BCUT2D eigenvalue weighted by atomic mass is 10.00. The van der Waals surface area contributed by atoms with Gasteiger partial charge in [0.15, 0.2) is 0 Å². The molecule has 4 aromatic rings. The molecule has 20 heavy (non-hydrogen) atoms. The summed E-state index contributed by atoms with van der Waals surface area (Å²) in [5.74, 6) is 0. The summed E-state index contributed by atoms with van der Waals surface area (Å²) in [6.45, 7) is 4.29. The van der Waals surface area contributed by atoms with Crippen LogP contribution in [-0.4, -0.2) is 4.98 Å². The van der Waals surface area contributed by atoms with Gasteiger partial charge < -0.3 is 0 Å². The summed E-state index contributed by atoms with van der Waals surface area (Å²) < 4.78 is 0. The molecule has 96 valence electrons. The average molecular weight is 257 g/mol. The number of aromatic nitrogens is 1. The Morgan fingerprint density at radius 3 is 2.40 bits per heavy atom. The van der Waals surface area contributed by atoms with E-state index in [9.17, 15) is 0 Å². The second-order valence-corrected chi connectivity index (χ2v) is 5.50. The third-order valence-electron chi connectivity index (χ3n) is 3.98. The number of rotatable bonds is 0. The van der Waals surface area contributed by atoms with Crippen molar-refractivity contribution in [3.63, 3.8) is 0 Å². The quantitative estimate of drug-likeness (QED) is 0.313. The SMILES string of the molecule is Cc1ccc2nc3c(cc(C)c4ccccc43)cc2c1. The van der Waals surface area contributed by atoms with Crippen LogP contribution in [0.15, 0.2) is 54.6 Å². The standard InChI is InChI=1S/C19H15N/c1-12-7-8-18-14(9-12)11-15-10-13(2)16-5-3-4-6-17(16)19(15)20-18/h3-11H,1-2H3. The maximum absolute atomic E-state index is 4.89. The van der Waals surface area contributed by atoms with E-state index in [4.69, 9.17) is 4.98 Å². The van der Waals surface area contributed by atoms with Gasteiger partial charge in [0.2, 0.25) is 0 Å². The van der Waals surface area contributed by atoms with Crippen molar-refractivity contribution in [2.75, 3.05) is 0 Å². The number of hydrogen-bond acceptors (Lipinski definition) is 1. The Morgan fingerprint density at radius 1 is 0.750 bits per heavy atom. The van der Waals surface area contributed by atoms with Crippen LogP contribution >= 0.6 is 0 Å². The third-order valence-corrected chi connectivity index (χ3v) is 3.98. The minimum atomic E-state index is 1.07. The van der Waals surface area contributed by atoms with Gasteiger partial charge in [0.05, 0.1) is 11.0 Å². The lowest BCUT2D eigenvalue weighted by Gasteiger charge is -2.08. The van der Waals surface area contributed by atoms with E-state index < -0.39 is 0 Å². The zero-order valence-corrected chi connectivity index (χ0v) is 11.6. The van der Waals surface area contributed by atoms with Gasteiger partial charge in [-0.05, 0) is 49.1 Å². The molecule has 4 rings (SSSR count). The molecule has 0 N–H and O–H groups in total. The number of pyridine rings is 1. The smallest absolute Gasteiger partial charge is 0.0788 e. The van der Waals surface area contributed by atoms with Gasteiger partial charge in [0.1, 0.15) is 0 Å². The van der Waals surface area contributed by atoms with Crippen molar-refractivity contribution in [2.24, 2.45) is 0 Å². The summed E-state index contributed by atoms with van der Waals surface area (Å²) in [7, 11) is 0. The number of aryl methyl sites for hydroxylation is 2. The predicted octanol–water partition coefficient (Wildman–Crippen LogP) is 5.16. The molecule has 0 saturated heterocycles. The first-order valence-electron chi connectivity index (χ1n) is 6.92. The minimum absolute atomic E-state index is 1.07. The van der Waals surface area contributed by atoms with Crippen molar-refractivity contribution in [2.45, 2.75) is 13.8 Å². The van der Waals surface area contributed by atoms with E-state index in [1.165, 1.54) is 32.7 Å². The molecule has 0 bridgehead atoms. The molecule has 0 radical (unpaired) electrons. The van der Waals surface area contributed by atoms with Crippen LogP contribution in [-0.2, 0) is 0 Å². The molecule has 0 aliphatic rings. The molecule has 0 aliphatic carbocycles. The van der Waals surface area contributed by atoms with Gasteiger partial charge in [-0.3, -0.25) is 0 Å². The average Bonchev–Trinajstić information content (AvgIpc) is 2.46. The van der Waals surface area contributed by atoms with Gasteiger partial charge in [-0.25, -0.2) is 4.98 Å². The number of nitrogens with zero attached hydrogens (tertiary/aromatic N) is 1. The van der Waals surface area contributed by atoms with Gasteiger partial charge in [0, 0.05) is 16.2 Å². The van der Waals surface area contributed by atoms with Gasteiger partial charge in [0.25, 0.3) is 0 Å². The Balaban J connectivity index is 2.25. The molecule has 0 spiro atoms. The molecular formula is C19H15N. The molecule has 0 aliphatic heterocycles. The Labute approximate surface area is 117 Å². The Bertz CT molecular complexity index is 967. The molecule has 1 heterocycles. The highest BCUT2D eigenvalue weighted by Gasteiger charge is 2.06. The van der Waals surface area contributed by atoms with Crippen molar-refractivity contribution in [1.82, 2.24) is 4.98 Å². The largest absolute Gasteiger partial charge is 0.247 e. The van der Waals surface area contributed by atoms with E-state index in [-0.39, 0.29) is 0 Å². The van der Waals surface area contributed by atoms with Crippen LogP contribution < -0.4 is 0 Å². The highest BCUT2D eigenvalue weighted by atomic mass is 14.7. The van der Waals surface area contributed by atoms with Gasteiger partial charge in [-0.1, -0.05) is 35.9 Å². The lowest BCUT2D eigenvalue weighted by Crippen LogP contribution is -1.87. The van der Waals surface area contributed by atoms with Crippen LogP contribution in [0.2, 0.25) is 0 Å². The maximum atomic E-state index is 4.89. The van der Waals surface area contributed by atoms with E-state index >= 15 is 0 Å². The van der Waals surface area contributed by atoms with Crippen LogP contribution in [0.25, 0.3) is 32.6 Å². The molecule has 0 fully saturated rings. The van der Waals surface area contributed by atoms with Crippen molar-refractivity contribution in [3.8, 4) is 0 Å². The van der Waals surface area contributed by atoms with Gasteiger partial charge in [-0.2, -0.15) is 0 Å². The molecule has 1 heteroatoms. The Morgan fingerprint density at radius 2 is 1.55 bits per heavy atom. The monoisotopic (exact) mass is 257 g/mol. The summed E-state index contributed by atoms with van der Waals surface area (Å²) in [5.41, 5.74) is 4.75. The zero-order chi connectivity index (χ0) is 13.7. The van der Waals surface area contributed by atoms with E-state index in [0.717, 1.165) is 11.0 Å². The fourth-order valence-corrected chi connectivity index (χ4v) is 2.98. The Hall–Kier alpha value is -2.41. The fraction of sp³-hybridized carbons (Fsp3) is 0.105. The lowest BCUT2D eigenvalue weighted by molar-refractivity contribution is 1.45. The first-order chi connectivity index (χ1) is 9.72. The molecule has 1 aromatic heterocycles. The van der Waals surface area contributed by atoms with Crippen LogP contribution in [0.3, 0.4) is 0 Å². The third kappa shape index (κ3) is 1.60. The van der Waals surface area contributed by atoms with Crippen LogP contribution in [0.4, 0.5) is 0 Å². The molecular weight excluding hydrogens is 242 g/mol. The predicted molar refractivity (Wildman–Crippen MR) is 86.2 cm³/mol. The summed E-state index contributed by atoms with van der Waals surface area (Å²) in [5, 5.41) is 4.97. The van der Waals surface area contributed by atoms with Crippen molar-refractivity contribution in [3.05, 3.63) is 65.7 Å². The van der Waals surface area contributed by atoms with E-state index in [1.807, 2.05) is 0 Å². The van der Waals surface area contributed by atoms with Crippen LogP contribution in [0, 0.1) is 13.8 Å². The first kappa shape index (κ1) is 11.4. The highest BCUT2D eigenvalue weighted by Crippen LogP contribution is 2.29. The fourth-order valence-electron chi connectivity index (χ4n) is 2.98. The molecule has 1 nitrogen and oxygen atoms in total. The van der Waals surface area contributed by atoms with Crippen LogP contribution in [0.1, 0.15) is 11.1 Å². The first-order valence-corrected chi connectivity index (χ1v) is 6.92. The topological polar surface area (TPSA) is 12.9 Å². The summed E-state index contributed by atoms with van der Waals surface area (Å²) in [4.78, 5) is 4.89. The second-order valence-electron chi connectivity index (χ2n) is 5.50. The second kappa shape index (κ2) is 4.04. The summed E-state index contributed by atoms with van der Waals surface area (Å²) in [6.07, 6.45) is 0. The number of benzene rings is 3. The number of fused-ring (bicyclic) bond motifs is 4. The minimum Gasteiger partial charge on any atom is -0.247 e. The van der Waals surface area contributed by atoms with Crippen molar-refractivity contribution >= 4 is 32.6 Å². The number of hydrogen-bond donors (Lipinski definition) is 0.